The van der Waals surface area contributed by atoms with E-state index in [1.165, 1.54) is 44.3 Å². The van der Waals surface area contributed by atoms with E-state index in [-0.39, 0.29) is 0 Å². The molecule has 1 aromatic heterocycles. The summed E-state index contributed by atoms with van der Waals surface area (Å²) in [4.78, 5) is 0. The molecule has 0 unspecified atom stereocenters. The van der Waals surface area contributed by atoms with Crippen LogP contribution in [0.3, 0.4) is 0 Å². The van der Waals surface area contributed by atoms with Crippen LogP contribution in [0, 0.1) is 0 Å². The Bertz CT molecular complexity index is 249. The Morgan fingerprint density at radius 1 is 1.07 bits per heavy atom. The van der Waals surface area contributed by atoms with Gasteiger partial charge in [0.05, 0.1) is 5.75 Å². The molecule has 15 heavy (non-hydrogen) atoms. The van der Waals surface area contributed by atoms with Crippen LogP contribution in [0.25, 0.3) is 0 Å². The molecule has 4 heteroatoms. The molecule has 0 N–H and O–H groups in total. The first-order valence-electron chi connectivity index (χ1n) is 5.91. The molecule has 2 aliphatic rings. The molecule has 1 aliphatic heterocycles. The van der Waals surface area contributed by atoms with Gasteiger partial charge in [0.25, 0.3) is 0 Å². The zero-order valence-electron chi connectivity index (χ0n) is 9.19. The highest BCUT2D eigenvalue weighted by Gasteiger charge is 2.08. The monoisotopic (exact) mass is 225 g/mol. The Kier molecular flexibility index (Phi) is 4.51. The zero-order valence-corrected chi connectivity index (χ0v) is 10.0. The van der Waals surface area contributed by atoms with Gasteiger partial charge in [0.15, 0.2) is 0 Å². The van der Waals surface area contributed by atoms with Gasteiger partial charge in [0.1, 0.15) is 12.2 Å². The van der Waals surface area contributed by atoms with Gasteiger partial charge in [0, 0.05) is 12.3 Å². The van der Waals surface area contributed by atoms with Crippen LogP contribution in [-0.4, -0.2) is 20.5 Å². The third-order valence-corrected chi connectivity index (χ3v) is 3.84. The minimum absolute atomic E-state index is 1.03. The molecule has 0 aromatic carbocycles. The van der Waals surface area contributed by atoms with Gasteiger partial charge in [-0.25, -0.2) is 0 Å². The molecule has 2 heterocycles. The molecular weight excluding hydrogens is 206 g/mol. The van der Waals surface area contributed by atoms with Gasteiger partial charge in [-0.15, -0.1) is 10.2 Å². The Morgan fingerprint density at radius 2 is 1.73 bits per heavy atom. The standard InChI is InChI=1S/C6H12.C5H7N3S/c1-2-4-6-5-3-1;1-2-9-3-5-7-6-4-8(1)5/h1-6H2;4H,1-3H2. The van der Waals surface area contributed by atoms with E-state index in [4.69, 9.17) is 0 Å². The average Bonchev–Trinajstić information content (AvgIpc) is 2.80. The molecular formula is C11H19N3S. The molecule has 0 radical (unpaired) electrons. The van der Waals surface area contributed by atoms with Crippen molar-refractivity contribution in [1.29, 1.82) is 0 Å². The fourth-order valence-electron chi connectivity index (χ4n) is 1.96. The highest BCUT2D eigenvalue weighted by molar-refractivity contribution is 7.98. The summed E-state index contributed by atoms with van der Waals surface area (Å²) in [6.07, 6.45) is 10.8. The van der Waals surface area contributed by atoms with Crippen molar-refractivity contribution >= 4 is 11.8 Å². The first-order chi connectivity index (χ1) is 7.47. The Morgan fingerprint density at radius 3 is 2.33 bits per heavy atom. The van der Waals surface area contributed by atoms with Crippen LogP contribution in [0.2, 0.25) is 0 Å². The van der Waals surface area contributed by atoms with Crippen molar-refractivity contribution in [3.63, 3.8) is 0 Å². The second kappa shape index (κ2) is 6.16. The van der Waals surface area contributed by atoms with E-state index >= 15 is 0 Å². The molecule has 1 saturated carbocycles. The fraction of sp³-hybridized carbons (Fsp3) is 0.818. The lowest BCUT2D eigenvalue weighted by atomic mass is 10.0. The number of thioether (sulfide) groups is 1. The number of rotatable bonds is 0. The van der Waals surface area contributed by atoms with Gasteiger partial charge >= 0.3 is 0 Å². The van der Waals surface area contributed by atoms with Crippen molar-refractivity contribution in [3.8, 4) is 0 Å². The maximum absolute atomic E-state index is 3.95. The molecule has 0 atom stereocenters. The van der Waals surface area contributed by atoms with Crippen molar-refractivity contribution < 1.29 is 0 Å². The number of hydrogen-bond donors (Lipinski definition) is 0. The van der Waals surface area contributed by atoms with E-state index in [9.17, 15) is 0 Å². The highest BCUT2D eigenvalue weighted by Crippen LogP contribution is 2.15. The first kappa shape index (κ1) is 11.0. The summed E-state index contributed by atoms with van der Waals surface area (Å²) < 4.78 is 2.11. The van der Waals surface area contributed by atoms with E-state index in [0.29, 0.717) is 0 Å². The highest BCUT2D eigenvalue weighted by atomic mass is 32.2. The quantitative estimate of drug-likeness (QED) is 0.680. The van der Waals surface area contributed by atoms with Crippen LogP contribution in [-0.2, 0) is 12.3 Å². The summed E-state index contributed by atoms with van der Waals surface area (Å²) >= 11 is 1.92. The largest absolute Gasteiger partial charge is 0.316 e. The summed E-state index contributed by atoms with van der Waals surface area (Å²) in [7, 11) is 0. The van der Waals surface area contributed by atoms with E-state index in [1.807, 2.05) is 11.8 Å². The lowest BCUT2D eigenvalue weighted by molar-refractivity contribution is 0.504. The van der Waals surface area contributed by atoms with Gasteiger partial charge < -0.3 is 4.57 Å². The maximum atomic E-state index is 3.95. The maximum Gasteiger partial charge on any atom is 0.142 e. The van der Waals surface area contributed by atoms with Crippen molar-refractivity contribution in [2.75, 3.05) is 5.75 Å². The summed E-state index contributed by atoms with van der Waals surface area (Å²) in [5, 5.41) is 7.75. The number of hydrogen-bond acceptors (Lipinski definition) is 3. The van der Waals surface area contributed by atoms with E-state index in [0.717, 1.165) is 18.1 Å². The van der Waals surface area contributed by atoms with Gasteiger partial charge in [0.2, 0.25) is 0 Å². The molecule has 3 rings (SSSR count). The van der Waals surface area contributed by atoms with Gasteiger partial charge in [-0.3, -0.25) is 0 Å². The van der Waals surface area contributed by atoms with Crippen LogP contribution >= 0.6 is 11.8 Å². The van der Waals surface area contributed by atoms with Crippen molar-refractivity contribution in [3.05, 3.63) is 12.2 Å². The molecule has 0 saturated heterocycles. The molecule has 0 spiro atoms. The third-order valence-electron chi connectivity index (χ3n) is 2.90. The Hall–Kier alpha value is -0.510. The summed E-state index contributed by atoms with van der Waals surface area (Å²) in [5.74, 6) is 3.34. The topological polar surface area (TPSA) is 30.7 Å². The minimum atomic E-state index is 1.03. The van der Waals surface area contributed by atoms with E-state index in [2.05, 4.69) is 14.8 Å². The predicted octanol–water partition coefficient (Wildman–Crippen LogP) is 2.87. The van der Waals surface area contributed by atoms with Crippen molar-refractivity contribution in [2.45, 2.75) is 50.8 Å². The first-order valence-corrected chi connectivity index (χ1v) is 7.07. The molecule has 1 aromatic rings. The van der Waals surface area contributed by atoms with Crippen LogP contribution in [0.5, 0.6) is 0 Å². The average molecular weight is 225 g/mol. The molecule has 1 aliphatic carbocycles. The molecule has 0 bridgehead atoms. The molecule has 3 nitrogen and oxygen atoms in total. The summed E-state index contributed by atoms with van der Waals surface area (Å²) in [5.41, 5.74) is 0. The second-order valence-corrected chi connectivity index (χ2v) is 5.22. The molecule has 84 valence electrons. The summed E-state index contributed by atoms with van der Waals surface area (Å²) in [6, 6.07) is 0. The summed E-state index contributed by atoms with van der Waals surface area (Å²) in [6.45, 7) is 1.08. The van der Waals surface area contributed by atoms with Crippen LogP contribution in [0.1, 0.15) is 44.3 Å². The van der Waals surface area contributed by atoms with Gasteiger partial charge in [-0.2, -0.15) is 11.8 Å². The minimum Gasteiger partial charge on any atom is -0.316 e. The third kappa shape index (κ3) is 3.52. The van der Waals surface area contributed by atoms with E-state index < -0.39 is 0 Å². The van der Waals surface area contributed by atoms with Crippen molar-refractivity contribution in [2.24, 2.45) is 0 Å². The predicted molar refractivity (Wildman–Crippen MR) is 63.9 cm³/mol. The smallest absolute Gasteiger partial charge is 0.142 e. The Labute approximate surface area is 95.7 Å². The number of fused-ring (bicyclic) bond motifs is 1. The number of aryl methyl sites for hydroxylation is 1. The Balaban J connectivity index is 0.000000124. The molecule has 1 fully saturated rings. The van der Waals surface area contributed by atoms with Crippen LogP contribution in [0.4, 0.5) is 0 Å². The number of aromatic nitrogens is 3. The van der Waals surface area contributed by atoms with Crippen LogP contribution < -0.4 is 0 Å². The van der Waals surface area contributed by atoms with E-state index in [1.54, 1.807) is 6.33 Å². The lowest BCUT2D eigenvalue weighted by Crippen LogP contribution is -2.09. The normalized spacial score (nSPS) is 20.0. The zero-order chi connectivity index (χ0) is 10.3. The lowest BCUT2D eigenvalue weighted by Gasteiger charge is -2.10. The van der Waals surface area contributed by atoms with Crippen LogP contribution in [0.15, 0.2) is 6.33 Å². The SMILES string of the molecule is C1CCCCC1.c1nnc2n1CCSC2. The number of nitrogens with zero attached hydrogens (tertiary/aromatic N) is 3. The van der Waals surface area contributed by atoms with Gasteiger partial charge in [-0.05, 0) is 0 Å². The van der Waals surface area contributed by atoms with Crippen molar-refractivity contribution in [1.82, 2.24) is 14.8 Å². The molecule has 0 amide bonds. The second-order valence-electron chi connectivity index (χ2n) is 4.11. The van der Waals surface area contributed by atoms with Gasteiger partial charge in [-0.1, -0.05) is 38.5 Å². The fourth-order valence-corrected chi connectivity index (χ4v) is 2.84.